The molecule has 1 fully saturated rings. The molecule has 1 aromatic rings. The number of hydrogen-bond donors (Lipinski definition) is 1. The fourth-order valence-electron chi connectivity index (χ4n) is 1.86. The molecule has 1 aliphatic rings. The molecule has 0 aliphatic heterocycles. The molecule has 1 saturated carbocycles. The molecule has 6 heteroatoms. The molecule has 0 bridgehead atoms. The van der Waals surface area contributed by atoms with Gasteiger partial charge < -0.3 is 5.32 Å². The highest BCUT2D eigenvalue weighted by molar-refractivity contribution is 7.91. The summed E-state index contributed by atoms with van der Waals surface area (Å²) in [6.45, 7) is 4.67. The molecule has 4 nitrogen and oxygen atoms in total. The number of nitrogens with one attached hydrogen (secondary N) is 1. The largest absolute Gasteiger partial charge is 0.309 e. The van der Waals surface area contributed by atoms with Gasteiger partial charge in [0.25, 0.3) is 0 Å². The average Bonchev–Trinajstić information content (AvgIpc) is 3.07. The molecular weight excluding hydrogens is 280 g/mol. The molecule has 0 amide bonds. The van der Waals surface area contributed by atoms with Crippen molar-refractivity contribution < 1.29 is 8.42 Å². The predicted octanol–water partition coefficient (Wildman–Crippen LogP) is 2.45. The van der Waals surface area contributed by atoms with Gasteiger partial charge >= 0.3 is 0 Å². The Labute approximate surface area is 119 Å². The van der Waals surface area contributed by atoms with Crippen molar-refractivity contribution >= 4 is 21.2 Å². The zero-order chi connectivity index (χ0) is 14.0. The summed E-state index contributed by atoms with van der Waals surface area (Å²) in [4.78, 5) is 5.77. The van der Waals surface area contributed by atoms with E-state index >= 15 is 0 Å². The van der Waals surface area contributed by atoms with E-state index in [0.717, 1.165) is 30.1 Å². The van der Waals surface area contributed by atoms with Crippen LogP contribution < -0.4 is 5.32 Å². The molecule has 19 heavy (non-hydrogen) atoms. The second-order valence-corrected chi connectivity index (χ2v) is 8.78. The molecular formula is C13H22N2O2S2. The van der Waals surface area contributed by atoms with Crippen LogP contribution in [0.4, 0.5) is 0 Å². The van der Waals surface area contributed by atoms with E-state index < -0.39 is 15.1 Å². The number of rotatable bonds is 7. The van der Waals surface area contributed by atoms with Crippen molar-refractivity contribution in [2.45, 2.75) is 57.4 Å². The zero-order valence-corrected chi connectivity index (χ0v) is 13.4. The Balaban J connectivity index is 2.17. The minimum Gasteiger partial charge on any atom is -0.309 e. The van der Waals surface area contributed by atoms with Crippen LogP contribution in [0, 0.1) is 0 Å². The van der Waals surface area contributed by atoms with E-state index in [9.17, 15) is 8.42 Å². The summed E-state index contributed by atoms with van der Waals surface area (Å²) >= 11 is 1.55. The lowest BCUT2D eigenvalue weighted by molar-refractivity contribution is 0.592. The molecule has 1 aliphatic carbocycles. The highest BCUT2D eigenvalue weighted by Crippen LogP contribution is 2.30. The first-order valence-corrected chi connectivity index (χ1v) is 9.59. The number of aromatic nitrogens is 1. The highest BCUT2D eigenvalue weighted by atomic mass is 32.2. The molecule has 1 heterocycles. The van der Waals surface area contributed by atoms with Gasteiger partial charge in [-0.25, -0.2) is 13.4 Å². The van der Waals surface area contributed by atoms with Crippen LogP contribution in [0.1, 0.15) is 53.9 Å². The number of nitrogens with zero attached hydrogens (tertiary/aromatic N) is 1. The third kappa shape index (κ3) is 4.00. The zero-order valence-electron chi connectivity index (χ0n) is 11.8. The maximum atomic E-state index is 11.6. The molecule has 108 valence electrons. The molecule has 1 aromatic heterocycles. The minimum atomic E-state index is -3.07. The van der Waals surface area contributed by atoms with Crippen molar-refractivity contribution in [1.82, 2.24) is 10.3 Å². The summed E-state index contributed by atoms with van der Waals surface area (Å²) in [5, 5.41) is 3.72. The van der Waals surface area contributed by atoms with Crippen LogP contribution in [-0.4, -0.2) is 25.7 Å². The number of thiazole rings is 1. The van der Waals surface area contributed by atoms with Gasteiger partial charge in [0.2, 0.25) is 0 Å². The van der Waals surface area contributed by atoms with Crippen molar-refractivity contribution in [3.8, 4) is 0 Å². The van der Waals surface area contributed by atoms with Crippen LogP contribution in [0.25, 0.3) is 0 Å². The molecule has 1 N–H and O–H groups in total. The van der Waals surface area contributed by atoms with E-state index in [4.69, 9.17) is 0 Å². The normalized spacial score (nSPS) is 17.6. The van der Waals surface area contributed by atoms with E-state index in [-0.39, 0.29) is 0 Å². The van der Waals surface area contributed by atoms with Gasteiger partial charge in [0.15, 0.2) is 9.84 Å². The smallest absolute Gasteiger partial charge is 0.156 e. The second kappa shape index (κ2) is 5.89. The first-order chi connectivity index (χ1) is 8.91. The fraction of sp³-hybridized carbons (Fsp3) is 0.769. The van der Waals surface area contributed by atoms with Gasteiger partial charge in [0.05, 0.1) is 5.69 Å². The standard InChI is InChI=1S/C13H22N2O2S2/c1-4-5-11-12(8-14-10-6-7-10)18-13(15-11)9(2)19(3,16)17/h9-10,14H,4-8H2,1-3H3. The quantitative estimate of drug-likeness (QED) is 0.840. The summed E-state index contributed by atoms with van der Waals surface area (Å²) in [7, 11) is -3.07. The van der Waals surface area contributed by atoms with Gasteiger partial charge in [-0.2, -0.15) is 0 Å². The van der Waals surface area contributed by atoms with Crippen molar-refractivity contribution in [2.75, 3.05) is 6.26 Å². The monoisotopic (exact) mass is 302 g/mol. The Morgan fingerprint density at radius 3 is 2.68 bits per heavy atom. The van der Waals surface area contributed by atoms with Crippen LogP contribution in [0.5, 0.6) is 0 Å². The van der Waals surface area contributed by atoms with E-state index in [2.05, 4.69) is 17.2 Å². The van der Waals surface area contributed by atoms with Crippen LogP contribution in [-0.2, 0) is 22.8 Å². The number of aryl methyl sites for hydroxylation is 1. The molecule has 1 atom stereocenters. The van der Waals surface area contributed by atoms with E-state index in [0.29, 0.717) is 6.04 Å². The van der Waals surface area contributed by atoms with Crippen LogP contribution in [0.3, 0.4) is 0 Å². The summed E-state index contributed by atoms with van der Waals surface area (Å²) in [6, 6.07) is 0.660. The van der Waals surface area contributed by atoms with Crippen molar-refractivity contribution in [3.63, 3.8) is 0 Å². The lowest BCUT2D eigenvalue weighted by Crippen LogP contribution is -2.15. The van der Waals surface area contributed by atoms with Gasteiger partial charge in [0, 0.05) is 23.7 Å². The Bertz CT molecular complexity index is 533. The lowest BCUT2D eigenvalue weighted by Gasteiger charge is -2.04. The molecule has 0 radical (unpaired) electrons. The predicted molar refractivity (Wildman–Crippen MR) is 79.2 cm³/mol. The summed E-state index contributed by atoms with van der Waals surface area (Å²) in [5.41, 5.74) is 1.08. The van der Waals surface area contributed by atoms with Crippen LogP contribution in [0.15, 0.2) is 0 Å². The molecule has 0 spiro atoms. The van der Waals surface area contributed by atoms with Crippen LogP contribution in [0.2, 0.25) is 0 Å². The van der Waals surface area contributed by atoms with Crippen molar-refractivity contribution in [2.24, 2.45) is 0 Å². The summed E-state index contributed by atoms with van der Waals surface area (Å²) in [5.74, 6) is 0. The van der Waals surface area contributed by atoms with Crippen molar-refractivity contribution in [3.05, 3.63) is 15.6 Å². The van der Waals surface area contributed by atoms with Crippen LogP contribution >= 0.6 is 11.3 Å². The van der Waals surface area contributed by atoms with Gasteiger partial charge in [-0.1, -0.05) is 13.3 Å². The third-order valence-corrected chi connectivity index (χ3v) is 6.34. The fourth-order valence-corrected chi connectivity index (χ4v) is 3.94. The second-order valence-electron chi connectivity index (χ2n) is 5.30. The van der Waals surface area contributed by atoms with Gasteiger partial charge in [-0.3, -0.25) is 0 Å². The number of hydrogen-bond acceptors (Lipinski definition) is 5. The summed E-state index contributed by atoms with van der Waals surface area (Å²) < 4.78 is 23.3. The molecule has 0 saturated heterocycles. The molecule has 1 unspecified atom stereocenters. The SMILES string of the molecule is CCCc1nc(C(C)S(C)(=O)=O)sc1CNC1CC1. The Morgan fingerprint density at radius 2 is 2.16 bits per heavy atom. The molecule has 2 rings (SSSR count). The van der Waals surface area contributed by atoms with Crippen molar-refractivity contribution in [1.29, 1.82) is 0 Å². The Hall–Kier alpha value is -0.460. The van der Waals surface area contributed by atoms with Gasteiger partial charge in [-0.15, -0.1) is 11.3 Å². The first-order valence-electron chi connectivity index (χ1n) is 6.82. The summed E-state index contributed by atoms with van der Waals surface area (Å²) in [6.07, 6.45) is 5.76. The maximum Gasteiger partial charge on any atom is 0.156 e. The van der Waals surface area contributed by atoms with E-state index in [1.54, 1.807) is 18.3 Å². The maximum absolute atomic E-state index is 11.6. The molecule has 0 aromatic carbocycles. The van der Waals surface area contributed by atoms with E-state index in [1.165, 1.54) is 24.0 Å². The lowest BCUT2D eigenvalue weighted by atomic mass is 10.2. The average molecular weight is 302 g/mol. The third-order valence-electron chi connectivity index (χ3n) is 3.40. The van der Waals surface area contributed by atoms with Gasteiger partial charge in [-0.05, 0) is 26.2 Å². The van der Waals surface area contributed by atoms with Gasteiger partial charge in [0.1, 0.15) is 10.3 Å². The number of sulfone groups is 1. The Morgan fingerprint density at radius 1 is 1.47 bits per heavy atom. The first kappa shape index (κ1) is 14.9. The minimum absolute atomic E-state index is 0.497. The van der Waals surface area contributed by atoms with E-state index in [1.807, 2.05) is 0 Å². The Kier molecular flexibility index (Phi) is 4.63. The highest BCUT2D eigenvalue weighted by Gasteiger charge is 2.25. The topological polar surface area (TPSA) is 59.1 Å².